The molecule has 0 radical (unpaired) electrons. The fourth-order valence-corrected chi connectivity index (χ4v) is 4.06. The van der Waals surface area contributed by atoms with Gasteiger partial charge in [0.25, 0.3) is 0 Å². The Kier molecular flexibility index (Phi) is 2.24. The summed E-state index contributed by atoms with van der Waals surface area (Å²) >= 11 is 3.27. The highest BCUT2D eigenvalue weighted by Crippen LogP contribution is 2.35. The molecule has 0 aliphatic carbocycles. The summed E-state index contributed by atoms with van der Waals surface area (Å²) in [4.78, 5) is 8.31. The number of benzene rings is 1. The molecule has 1 N–H and O–H groups in total. The molecule has 0 aliphatic heterocycles. The minimum atomic E-state index is -0.877. The number of aromatic amines is 1. The summed E-state index contributed by atoms with van der Waals surface area (Å²) in [6.45, 7) is 0. The number of imidazole rings is 1. The van der Waals surface area contributed by atoms with Crippen LogP contribution in [0.4, 0.5) is 8.78 Å². The number of nitrogens with zero attached hydrogens (tertiary/aromatic N) is 1. The van der Waals surface area contributed by atoms with E-state index in [4.69, 9.17) is 0 Å². The van der Waals surface area contributed by atoms with Crippen LogP contribution in [0, 0.1) is 11.6 Å². The minimum Gasteiger partial charge on any atom is -0.337 e. The van der Waals surface area contributed by atoms with Crippen LogP contribution in [0.2, 0.25) is 0 Å². The second-order valence-corrected chi connectivity index (χ2v) is 6.16. The first-order valence-electron chi connectivity index (χ1n) is 5.53. The minimum absolute atomic E-state index is 0.436. The van der Waals surface area contributed by atoms with Gasteiger partial charge in [0.2, 0.25) is 0 Å². The molecule has 1 aromatic carbocycles. The van der Waals surface area contributed by atoms with Gasteiger partial charge in [0.15, 0.2) is 11.6 Å². The van der Waals surface area contributed by atoms with Gasteiger partial charge < -0.3 is 4.98 Å². The standard InChI is InChI=1S/C13H6F2N2S2/c14-6-3-8-9(4-7(6)15)17-13(16-8)12-5-11-10(19-12)1-2-18-11/h1-5H,(H,16,17). The molecule has 0 aliphatic rings. The molecule has 6 heteroatoms. The average Bonchev–Trinajstić information content (AvgIpc) is 3.01. The largest absolute Gasteiger partial charge is 0.337 e. The van der Waals surface area contributed by atoms with Crippen molar-refractivity contribution in [1.82, 2.24) is 9.97 Å². The van der Waals surface area contributed by atoms with Crippen LogP contribution in [0.15, 0.2) is 29.6 Å². The highest BCUT2D eigenvalue weighted by molar-refractivity contribution is 7.28. The second kappa shape index (κ2) is 3.85. The summed E-state index contributed by atoms with van der Waals surface area (Å²) in [5.74, 6) is -1.10. The van der Waals surface area contributed by atoms with Crippen LogP contribution in [-0.2, 0) is 0 Å². The quantitative estimate of drug-likeness (QED) is 0.537. The number of hydrogen-bond donors (Lipinski definition) is 1. The van der Waals surface area contributed by atoms with Crippen LogP contribution in [0.3, 0.4) is 0 Å². The van der Waals surface area contributed by atoms with Gasteiger partial charge in [-0.1, -0.05) is 0 Å². The summed E-state index contributed by atoms with van der Waals surface area (Å²) in [5.41, 5.74) is 0.941. The van der Waals surface area contributed by atoms with Crippen molar-refractivity contribution >= 4 is 43.1 Å². The molecule has 0 amide bonds. The van der Waals surface area contributed by atoms with Gasteiger partial charge in [0, 0.05) is 21.5 Å². The lowest BCUT2D eigenvalue weighted by molar-refractivity contribution is 0.510. The molecule has 4 rings (SSSR count). The van der Waals surface area contributed by atoms with Crippen molar-refractivity contribution in [1.29, 1.82) is 0 Å². The smallest absolute Gasteiger partial charge is 0.161 e. The van der Waals surface area contributed by atoms with Gasteiger partial charge in [-0.05, 0) is 17.5 Å². The first kappa shape index (κ1) is 11.1. The summed E-state index contributed by atoms with van der Waals surface area (Å²) < 4.78 is 28.7. The predicted molar refractivity (Wildman–Crippen MR) is 74.7 cm³/mol. The monoisotopic (exact) mass is 292 g/mol. The van der Waals surface area contributed by atoms with E-state index < -0.39 is 11.6 Å². The van der Waals surface area contributed by atoms with E-state index >= 15 is 0 Å². The Morgan fingerprint density at radius 1 is 1.05 bits per heavy atom. The molecule has 0 spiro atoms. The maximum Gasteiger partial charge on any atom is 0.161 e. The normalized spacial score (nSPS) is 11.7. The fourth-order valence-electron chi connectivity index (χ4n) is 2.00. The molecule has 0 unspecified atom stereocenters. The number of fused-ring (bicyclic) bond motifs is 2. The summed E-state index contributed by atoms with van der Waals surface area (Å²) in [7, 11) is 0. The molecule has 0 atom stereocenters. The first-order valence-corrected chi connectivity index (χ1v) is 7.22. The Labute approximate surface area is 114 Å². The van der Waals surface area contributed by atoms with E-state index in [1.165, 1.54) is 9.40 Å². The third-order valence-electron chi connectivity index (χ3n) is 2.90. The molecule has 94 valence electrons. The molecule has 3 aromatic heterocycles. The van der Waals surface area contributed by atoms with Crippen LogP contribution < -0.4 is 0 Å². The highest BCUT2D eigenvalue weighted by atomic mass is 32.1. The van der Waals surface area contributed by atoms with Crippen LogP contribution in [-0.4, -0.2) is 9.97 Å². The van der Waals surface area contributed by atoms with Gasteiger partial charge in [-0.3, -0.25) is 0 Å². The Morgan fingerprint density at radius 2 is 1.89 bits per heavy atom. The van der Waals surface area contributed by atoms with Gasteiger partial charge in [-0.15, -0.1) is 22.7 Å². The third kappa shape index (κ3) is 1.67. The van der Waals surface area contributed by atoms with Gasteiger partial charge in [0.05, 0.1) is 15.9 Å². The van der Waals surface area contributed by atoms with E-state index in [1.54, 1.807) is 22.7 Å². The van der Waals surface area contributed by atoms with E-state index in [2.05, 4.69) is 16.0 Å². The number of H-pyrrole nitrogens is 1. The van der Waals surface area contributed by atoms with Gasteiger partial charge in [0.1, 0.15) is 5.82 Å². The number of rotatable bonds is 1. The van der Waals surface area contributed by atoms with Gasteiger partial charge >= 0.3 is 0 Å². The zero-order valence-electron chi connectivity index (χ0n) is 9.41. The molecule has 0 fully saturated rings. The molecular formula is C13H6F2N2S2. The first-order chi connectivity index (χ1) is 9.20. The average molecular weight is 292 g/mol. The summed E-state index contributed by atoms with van der Waals surface area (Å²) in [6.07, 6.45) is 0. The Balaban J connectivity index is 1.93. The molecule has 19 heavy (non-hydrogen) atoms. The lowest BCUT2D eigenvalue weighted by Gasteiger charge is -1.90. The highest BCUT2D eigenvalue weighted by Gasteiger charge is 2.12. The number of halogens is 2. The predicted octanol–water partition coefficient (Wildman–Crippen LogP) is 4.78. The summed E-state index contributed by atoms with van der Waals surface area (Å²) in [5, 5.41) is 2.04. The molecule has 3 heterocycles. The van der Waals surface area contributed by atoms with E-state index in [9.17, 15) is 8.78 Å². The van der Waals surface area contributed by atoms with Crippen molar-refractivity contribution in [2.45, 2.75) is 0 Å². The number of thiophene rings is 2. The SMILES string of the molecule is Fc1cc2nc(-c3cc4sccc4s3)[nH]c2cc1F. The van der Waals surface area contributed by atoms with Crippen molar-refractivity contribution in [3.05, 3.63) is 41.3 Å². The van der Waals surface area contributed by atoms with E-state index in [0.29, 0.717) is 16.9 Å². The zero-order chi connectivity index (χ0) is 13.0. The van der Waals surface area contributed by atoms with Crippen LogP contribution >= 0.6 is 22.7 Å². The lowest BCUT2D eigenvalue weighted by Crippen LogP contribution is -1.82. The summed E-state index contributed by atoms with van der Waals surface area (Å²) in [6, 6.07) is 6.34. The molecule has 0 bridgehead atoms. The van der Waals surface area contributed by atoms with Crippen LogP contribution in [0.1, 0.15) is 0 Å². The molecular weight excluding hydrogens is 286 g/mol. The van der Waals surface area contributed by atoms with Crippen LogP contribution in [0.25, 0.3) is 31.1 Å². The van der Waals surface area contributed by atoms with Crippen molar-refractivity contribution in [3.8, 4) is 10.7 Å². The van der Waals surface area contributed by atoms with Gasteiger partial charge in [-0.25, -0.2) is 13.8 Å². The van der Waals surface area contributed by atoms with E-state index in [1.807, 2.05) is 11.4 Å². The van der Waals surface area contributed by atoms with Crippen molar-refractivity contribution in [2.75, 3.05) is 0 Å². The maximum absolute atomic E-state index is 13.2. The fraction of sp³-hybridized carbons (Fsp3) is 0. The Bertz CT molecular complexity index is 836. The third-order valence-corrected chi connectivity index (χ3v) is 5.00. The van der Waals surface area contributed by atoms with Crippen molar-refractivity contribution in [2.24, 2.45) is 0 Å². The van der Waals surface area contributed by atoms with Crippen LogP contribution in [0.5, 0.6) is 0 Å². The molecule has 0 saturated carbocycles. The van der Waals surface area contributed by atoms with Crippen molar-refractivity contribution in [3.63, 3.8) is 0 Å². The lowest BCUT2D eigenvalue weighted by atomic mass is 10.3. The Morgan fingerprint density at radius 3 is 2.74 bits per heavy atom. The number of nitrogens with one attached hydrogen (secondary N) is 1. The van der Waals surface area contributed by atoms with Crippen molar-refractivity contribution < 1.29 is 8.78 Å². The molecule has 2 nitrogen and oxygen atoms in total. The topological polar surface area (TPSA) is 28.7 Å². The maximum atomic E-state index is 13.2. The van der Waals surface area contributed by atoms with Gasteiger partial charge in [-0.2, -0.15) is 0 Å². The van der Waals surface area contributed by atoms with E-state index in [0.717, 1.165) is 17.0 Å². The molecule has 0 saturated heterocycles. The Hall–Kier alpha value is -1.79. The number of aromatic nitrogens is 2. The zero-order valence-corrected chi connectivity index (χ0v) is 11.0. The second-order valence-electron chi connectivity index (χ2n) is 4.13. The number of hydrogen-bond acceptors (Lipinski definition) is 3. The molecule has 4 aromatic rings. The van der Waals surface area contributed by atoms with E-state index in [-0.39, 0.29) is 0 Å².